The molecule has 1 aromatic heterocycles. The van der Waals surface area contributed by atoms with E-state index in [2.05, 4.69) is 15.0 Å². The Labute approximate surface area is 183 Å². The number of aromatic nitrogens is 1. The number of nitrogens with zero attached hydrogens (tertiary/aromatic N) is 1. The highest BCUT2D eigenvalue weighted by Gasteiger charge is 2.28. The lowest BCUT2D eigenvalue weighted by molar-refractivity contribution is -0.153. The third-order valence-electron chi connectivity index (χ3n) is 4.13. The first kappa shape index (κ1) is 22.9. The Morgan fingerprint density at radius 3 is 2.22 bits per heavy atom. The van der Waals surface area contributed by atoms with E-state index in [1.807, 2.05) is 6.92 Å². The van der Waals surface area contributed by atoms with Gasteiger partial charge in [-0.25, -0.2) is 4.98 Å². The van der Waals surface area contributed by atoms with Crippen LogP contribution in [-0.4, -0.2) is 30.3 Å². The van der Waals surface area contributed by atoms with Gasteiger partial charge < -0.3 is 19.5 Å². The maximum atomic E-state index is 12.3. The van der Waals surface area contributed by atoms with E-state index >= 15 is 0 Å². The predicted molar refractivity (Wildman–Crippen MR) is 111 cm³/mol. The van der Waals surface area contributed by atoms with Gasteiger partial charge in [0.05, 0.1) is 6.61 Å². The molecule has 3 aromatic rings. The molecule has 1 heterocycles. The number of nitrogens with one attached hydrogen (secondary N) is 1. The molecule has 6 nitrogen and oxygen atoms in total. The second kappa shape index (κ2) is 10.5. The molecule has 0 saturated heterocycles. The summed E-state index contributed by atoms with van der Waals surface area (Å²) in [4.78, 5) is 16.5. The number of halogens is 3. The van der Waals surface area contributed by atoms with Gasteiger partial charge in [0, 0.05) is 24.4 Å². The van der Waals surface area contributed by atoms with Crippen LogP contribution in [0.4, 0.5) is 13.2 Å². The van der Waals surface area contributed by atoms with E-state index in [4.69, 9.17) is 9.47 Å². The molecule has 0 saturated carbocycles. The second-order valence-corrected chi connectivity index (χ2v) is 6.62. The normalized spacial score (nSPS) is 11.0. The van der Waals surface area contributed by atoms with Crippen LogP contribution in [0.5, 0.6) is 23.1 Å². The van der Waals surface area contributed by atoms with Crippen molar-refractivity contribution in [3.05, 3.63) is 78.0 Å². The first-order valence-electron chi connectivity index (χ1n) is 9.76. The van der Waals surface area contributed by atoms with E-state index in [-0.39, 0.29) is 18.2 Å². The van der Waals surface area contributed by atoms with E-state index in [0.717, 1.165) is 11.3 Å². The monoisotopic (exact) mass is 446 g/mol. The molecular weight excluding hydrogens is 425 g/mol. The molecule has 168 valence electrons. The van der Waals surface area contributed by atoms with Crippen molar-refractivity contribution in [2.45, 2.75) is 19.6 Å². The van der Waals surface area contributed by atoms with Crippen molar-refractivity contribution in [3.8, 4) is 23.1 Å². The molecule has 0 fully saturated rings. The standard InChI is InChI=1S/C23H21F3N2O4/c1-2-30-18-7-9-20(10-8-18)32-21-13-16(11-12-27-21)14-28-22(29)17-3-5-19(6-4-17)31-15-23(24,25)26/h3-13H,2,14-15H2,1H3,(H,28,29). The molecular formula is C23H21F3N2O4. The van der Waals surface area contributed by atoms with Crippen molar-refractivity contribution in [1.82, 2.24) is 10.3 Å². The van der Waals surface area contributed by atoms with Crippen LogP contribution in [0.2, 0.25) is 0 Å². The van der Waals surface area contributed by atoms with Crippen molar-refractivity contribution < 1.29 is 32.2 Å². The summed E-state index contributed by atoms with van der Waals surface area (Å²) in [6, 6.07) is 16.0. The number of amides is 1. The van der Waals surface area contributed by atoms with Crippen molar-refractivity contribution in [2.24, 2.45) is 0 Å². The lowest BCUT2D eigenvalue weighted by Gasteiger charge is -2.10. The van der Waals surface area contributed by atoms with Gasteiger partial charge in [-0.05, 0) is 67.1 Å². The summed E-state index contributed by atoms with van der Waals surface area (Å²) < 4.78 is 52.3. The van der Waals surface area contributed by atoms with Crippen LogP contribution in [0.1, 0.15) is 22.8 Å². The third kappa shape index (κ3) is 7.19. The number of benzene rings is 2. The molecule has 1 amide bonds. The van der Waals surface area contributed by atoms with Gasteiger partial charge in [-0.3, -0.25) is 4.79 Å². The summed E-state index contributed by atoms with van der Waals surface area (Å²) in [6.07, 6.45) is -2.85. The van der Waals surface area contributed by atoms with Gasteiger partial charge in [-0.15, -0.1) is 0 Å². The van der Waals surface area contributed by atoms with Crippen LogP contribution < -0.4 is 19.5 Å². The Balaban J connectivity index is 1.53. The molecule has 0 spiro atoms. The summed E-state index contributed by atoms with van der Waals surface area (Å²) in [5, 5.41) is 2.74. The number of carbonyl (C=O) groups is 1. The topological polar surface area (TPSA) is 69.7 Å². The number of carbonyl (C=O) groups excluding carboxylic acids is 1. The van der Waals surface area contributed by atoms with Crippen molar-refractivity contribution in [3.63, 3.8) is 0 Å². The molecule has 0 aliphatic heterocycles. The molecule has 0 atom stereocenters. The van der Waals surface area contributed by atoms with Crippen LogP contribution in [0.15, 0.2) is 66.9 Å². The zero-order valence-corrected chi connectivity index (χ0v) is 17.2. The van der Waals surface area contributed by atoms with Crippen molar-refractivity contribution in [1.29, 1.82) is 0 Å². The average Bonchev–Trinajstić information content (AvgIpc) is 2.78. The summed E-state index contributed by atoms with van der Waals surface area (Å²) >= 11 is 0. The Kier molecular flexibility index (Phi) is 7.54. The molecule has 0 unspecified atom stereocenters. The van der Waals surface area contributed by atoms with Crippen LogP contribution in [0.25, 0.3) is 0 Å². The van der Waals surface area contributed by atoms with Crippen LogP contribution in [0.3, 0.4) is 0 Å². The van der Waals surface area contributed by atoms with Crippen molar-refractivity contribution in [2.75, 3.05) is 13.2 Å². The maximum absolute atomic E-state index is 12.3. The minimum Gasteiger partial charge on any atom is -0.494 e. The number of hydrogen-bond donors (Lipinski definition) is 1. The van der Waals surface area contributed by atoms with Gasteiger partial charge in [0.25, 0.3) is 5.91 Å². The highest BCUT2D eigenvalue weighted by atomic mass is 19.4. The minimum atomic E-state index is -4.42. The van der Waals surface area contributed by atoms with Gasteiger partial charge in [0.2, 0.25) is 5.88 Å². The molecule has 2 aromatic carbocycles. The summed E-state index contributed by atoms with van der Waals surface area (Å²) in [6.45, 7) is 1.31. The summed E-state index contributed by atoms with van der Waals surface area (Å²) in [5.41, 5.74) is 1.06. The van der Waals surface area contributed by atoms with Crippen LogP contribution >= 0.6 is 0 Å². The largest absolute Gasteiger partial charge is 0.494 e. The van der Waals surface area contributed by atoms with Gasteiger partial charge in [0.1, 0.15) is 17.2 Å². The zero-order chi connectivity index (χ0) is 23.0. The van der Waals surface area contributed by atoms with E-state index in [9.17, 15) is 18.0 Å². The smallest absolute Gasteiger partial charge is 0.422 e. The van der Waals surface area contributed by atoms with Gasteiger partial charge >= 0.3 is 6.18 Å². The number of hydrogen-bond acceptors (Lipinski definition) is 5. The molecule has 3 rings (SSSR count). The van der Waals surface area contributed by atoms with Gasteiger partial charge in [0.15, 0.2) is 6.61 Å². The highest BCUT2D eigenvalue weighted by molar-refractivity contribution is 5.94. The molecule has 0 radical (unpaired) electrons. The Hall–Kier alpha value is -3.75. The minimum absolute atomic E-state index is 0.0316. The molecule has 1 N–H and O–H groups in total. The van der Waals surface area contributed by atoms with Crippen LogP contribution in [0, 0.1) is 0 Å². The Morgan fingerprint density at radius 1 is 0.938 bits per heavy atom. The third-order valence-corrected chi connectivity index (χ3v) is 4.13. The molecule has 0 bridgehead atoms. The summed E-state index contributed by atoms with van der Waals surface area (Å²) in [5.74, 6) is 1.36. The second-order valence-electron chi connectivity index (χ2n) is 6.62. The highest BCUT2D eigenvalue weighted by Crippen LogP contribution is 2.23. The molecule has 32 heavy (non-hydrogen) atoms. The lowest BCUT2D eigenvalue weighted by atomic mass is 10.2. The Morgan fingerprint density at radius 2 is 1.56 bits per heavy atom. The fraction of sp³-hybridized carbons (Fsp3) is 0.217. The molecule has 9 heteroatoms. The first-order valence-corrected chi connectivity index (χ1v) is 9.76. The van der Waals surface area contributed by atoms with Crippen LogP contribution in [-0.2, 0) is 6.54 Å². The van der Waals surface area contributed by atoms with Gasteiger partial charge in [-0.1, -0.05) is 0 Å². The number of pyridine rings is 1. The van der Waals surface area contributed by atoms with E-state index in [1.165, 1.54) is 24.3 Å². The lowest BCUT2D eigenvalue weighted by Crippen LogP contribution is -2.23. The first-order chi connectivity index (χ1) is 15.3. The SMILES string of the molecule is CCOc1ccc(Oc2cc(CNC(=O)c3ccc(OCC(F)(F)F)cc3)ccn2)cc1. The van der Waals surface area contributed by atoms with E-state index in [1.54, 1.807) is 42.6 Å². The average molecular weight is 446 g/mol. The zero-order valence-electron chi connectivity index (χ0n) is 17.2. The Bertz CT molecular complexity index is 1020. The number of rotatable bonds is 9. The number of ether oxygens (including phenoxy) is 3. The van der Waals surface area contributed by atoms with E-state index < -0.39 is 12.8 Å². The fourth-order valence-corrected chi connectivity index (χ4v) is 2.66. The number of alkyl halides is 3. The van der Waals surface area contributed by atoms with Gasteiger partial charge in [-0.2, -0.15) is 13.2 Å². The molecule has 0 aliphatic carbocycles. The predicted octanol–water partition coefficient (Wildman–Crippen LogP) is 5.14. The maximum Gasteiger partial charge on any atom is 0.422 e. The van der Waals surface area contributed by atoms with E-state index in [0.29, 0.717) is 23.8 Å². The molecule has 0 aliphatic rings. The fourth-order valence-electron chi connectivity index (χ4n) is 2.66. The van der Waals surface area contributed by atoms with Crippen molar-refractivity contribution >= 4 is 5.91 Å². The quantitative estimate of drug-likeness (QED) is 0.493. The summed E-state index contributed by atoms with van der Waals surface area (Å²) in [7, 11) is 0.